The van der Waals surface area contributed by atoms with Gasteiger partial charge in [0.1, 0.15) is 5.82 Å². The second-order valence-corrected chi connectivity index (χ2v) is 6.42. The molecule has 4 rings (SSSR count). The lowest BCUT2D eigenvalue weighted by Gasteiger charge is -2.35. The van der Waals surface area contributed by atoms with Crippen LogP contribution in [0.25, 0.3) is 10.9 Å². The van der Waals surface area contributed by atoms with E-state index in [-0.39, 0.29) is 6.03 Å². The maximum atomic E-state index is 12.7. The maximum absolute atomic E-state index is 12.7. The van der Waals surface area contributed by atoms with Crippen LogP contribution in [-0.4, -0.2) is 47.1 Å². The lowest BCUT2D eigenvalue weighted by Crippen LogP contribution is -2.50. The first-order valence-electron chi connectivity index (χ1n) is 8.79. The Hall–Kier alpha value is -3.15. The van der Waals surface area contributed by atoms with Crippen LogP contribution in [0.5, 0.6) is 0 Å². The molecule has 0 bridgehead atoms. The molecule has 3 aromatic rings. The summed E-state index contributed by atoms with van der Waals surface area (Å²) < 4.78 is 0. The lowest BCUT2D eigenvalue weighted by molar-refractivity contribution is 0.208. The highest BCUT2D eigenvalue weighted by Gasteiger charge is 2.22. The van der Waals surface area contributed by atoms with Crippen molar-refractivity contribution in [2.45, 2.75) is 6.92 Å². The monoisotopic (exact) mass is 347 g/mol. The van der Waals surface area contributed by atoms with E-state index in [0.717, 1.165) is 41.2 Å². The number of hydrogen-bond donors (Lipinski definition) is 1. The first kappa shape index (κ1) is 16.3. The fourth-order valence-electron chi connectivity index (χ4n) is 3.22. The number of hydrogen-bond acceptors (Lipinski definition) is 4. The molecule has 0 atom stereocenters. The number of anilines is 2. The second-order valence-electron chi connectivity index (χ2n) is 6.42. The van der Waals surface area contributed by atoms with E-state index in [9.17, 15) is 4.79 Å². The molecule has 0 radical (unpaired) electrons. The number of para-hydroxylation sites is 1. The van der Waals surface area contributed by atoms with Crippen LogP contribution in [0.1, 0.15) is 5.69 Å². The minimum atomic E-state index is -0.0820. The molecule has 0 unspecified atom stereocenters. The van der Waals surface area contributed by atoms with Crippen molar-refractivity contribution in [3.8, 4) is 0 Å². The lowest BCUT2D eigenvalue weighted by atomic mass is 10.2. The van der Waals surface area contributed by atoms with Gasteiger partial charge in [0, 0.05) is 43.5 Å². The first-order valence-corrected chi connectivity index (χ1v) is 8.79. The number of piperazine rings is 1. The van der Waals surface area contributed by atoms with E-state index >= 15 is 0 Å². The Balaban J connectivity index is 1.44. The van der Waals surface area contributed by atoms with Crippen LogP contribution in [0.4, 0.5) is 16.3 Å². The van der Waals surface area contributed by atoms with Crippen LogP contribution in [0.15, 0.2) is 54.7 Å². The number of amides is 2. The third kappa shape index (κ3) is 3.31. The van der Waals surface area contributed by atoms with E-state index in [1.165, 1.54) is 0 Å². The Labute approximate surface area is 152 Å². The third-order valence-corrected chi connectivity index (χ3v) is 4.64. The molecular weight excluding hydrogens is 326 g/mol. The molecule has 1 aromatic carbocycles. The van der Waals surface area contributed by atoms with Gasteiger partial charge in [0.05, 0.1) is 11.2 Å². The van der Waals surface area contributed by atoms with Crippen molar-refractivity contribution < 1.29 is 4.79 Å². The Morgan fingerprint density at radius 2 is 1.85 bits per heavy atom. The Kier molecular flexibility index (Phi) is 4.39. The van der Waals surface area contributed by atoms with E-state index in [1.807, 2.05) is 60.4 Å². The highest BCUT2D eigenvalue weighted by atomic mass is 16.2. The van der Waals surface area contributed by atoms with E-state index in [1.54, 1.807) is 6.20 Å². The van der Waals surface area contributed by atoms with Gasteiger partial charge >= 0.3 is 6.03 Å². The van der Waals surface area contributed by atoms with E-state index in [0.29, 0.717) is 13.1 Å². The molecule has 0 saturated carbocycles. The Bertz CT molecular complexity index is 920. The fraction of sp³-hybridized carbons (Fsp3) is 0.250. The van der Waals surface area contributed by atoms with Crippen LogP contribution in [0.2, 0.25) is 0 Å². The van der Waals surface area contributed by atoms with Crippen LogP contribution in [0.3, 0.4) is 0 Å². The normalized spacial score (nSPS) is 14.5. The zero-order chi connectivity index (χ0) is 17.9. The first-order chi connectivity index (χ1) is 12.7. The number of fused-ring (bicyclic) bond motifs is 1. The molecule has 0 spiro atoms. The van der Waals surface area contributed by atoms with Crippen molar-refractivity contribution in [3.63, 3.8) is 0 Å². The number of aryl methyl sites for hydroxylation is 1. The minimum Gasteiger partial charge on any atom is -0.353 e. The van der Waals surface area contributed by atoms with Crippen molar-refractivity contribution in [1.82, 2.24) is 14.9 Å². The predicted octanol–water partition coefficient (Wildman–Crippen LogP) is 3.29. The van der Waals surface area contributed by atoms with Crippen molar-refractivity contribution in [2.75, 3.05) is 36.4 Å². The summed E-state index contributed by atoms with van der Waals surface area (Å²) in [6, 6.07) is 15.7. The van der Waals surface area contributed by atoms with Gasteiger partial charge in [-0.05, 0) is 31.2 Å². The van der Waals surface area contributed by atoms with Gasteiger partial charge in [-0.3, -0.25) is 4.98 Å². The van der Waals surface area contributed by atoms with Crippen molar-refractivity contribution in [3.05, 3.63) is 60.4 Å². The van der Waals surface area contributed by atoms with E-state index in [4.69, 9.17) is 0 Å². The standard InChI is InChI=1S/C20H21N5O/c1-15-8-9-16-5-4-6-17(19(16)22-15)23-20(26)25-13-11-24(12-14-25)18-7-2-3-10-21-18/h2-10H,11-14H2,1H3,(H,23,26). The average molecular weight is 347 g/mol. The molecule has 3 heterocycles. The van der Waals surface area contributed by atoms with Crippen LogP contribution >= 0.6 is 0 Å². The third-order valence-electron chi connectivity index (χ3n) is 4.64. The summed E-state index contributed by atoms with van der Waals surface area (Å²) in [5.74, 6) is 0.960. The number of aromatic nitrogens is 2. The van der Waals surface area contributed by atoms with Gasteiger partial charge in [0.25, 0.3) is 0 Å². The highest BCUT2D eigenvalue weighted by molar-refractivity contribution is 5.99. The van der Waals surface area contributed by atoms with Gasteiger partial charge in [0.15, 0.2) is 0 Å². The van der Waals surface area contributed by atoms with Gasteiger partial charge in [-0.2, -0.15) is 0 Å². The molecular formula is C20H21N5O. The zero-order valence-electron chi connectivity index (χ0n) is 14.7. The fourth-order valence-corrected chi connectivity index (χ4v) is 3.22. The summed E-state index contributed by atoms with van der Waals surface area (Å²) in [5, 5.41) is 4.05. The molecule has 1 fully saturated rings. The summed E-state index contributed by atoms with van der Waals surface area (Å²) in [4.78, 5) is 25.7. The SMILES string of the molecule is Cc1ccc2cccc(NC(=O)N3CCN(c4ccccn4)CC3)c2n1. The molecule has 2 amide bonds. The van der Waals surface area contributed by atoms with Crippen molar-refractivity contribution >= 4 is 28.4 Å². The van der Waals surface area contributed by atoms with Crippen molar-refractivity contribution in [1.29, 1.82) is 0 Å². The highest BCUT2D eigenvalue weighted by Crippen LogP contribution is 2.22. The minimum absolute atomic E-state index is 0.0820. The van der Waals surface area contributed by atoms with Gasteiger partial charge in [-0.15, -0.1) is 0 Å². The number of carbonyl (C=O) groups is 1. The van der Waals surface area contributed by atoms with E-state index < -0.39 is 0 Å². The quantitative estimate of drug-likeness (QED) is 0.773. The molecule has 6 nitrogen and oxygen atoms in total. The molecule has 0 aliphatic carbocycles. The molecule has 26 heavy (non-hydrogen) atoms. The summed E-state index contributed by atoms with van der Waals surface area (Å²) >= 11 is 0. The average Bonchev–Trinajstić information content (AvgIpc) is 2.69. The summed E-state index contributed by atoms with van der Waals surface area (Å²) in [6.45, 7) is 4.84. The van der Waals surface area contributed by atoms with Gasteiger partial charge in [0.2, 0.25) is 0 Å². The number of urea groups is 1. The number of pyridine rings is 2. The summed E-state index contributed by atoms with van der Waals surface area (Å²) in [5.41, 5.74) is 2.51. The van der Waals surface area contributed by atoms with Gasteiger partial charge < -0.3 is 15.1 Å². The number of nitrogens with zero attached hydrogens (tertiary/aromatic N) is 4. The Morgan fingerprint density at radius 3 is 2.62 bits per heavy atom. The maximum Gasteiger partial charge on any atom is 0.322 e. The van der Waals surface area contributed by atoms with Gasteiger partial charge in [-0.25, -0.2) is 9.78 Å². The summed E-state index contributed by atoms with van der Waals surface area (Å²) in [6.07, 6.45) is 1.80. The molecule has 1 N–H and O–H groups in total. The van der Waals surface area contributed by atoms with Crippen molar-refractivity contribution in [2.24, 2.45) is 0 Å². The molecule has 132 valence electrons. The largest absolute Gasteiger partial charge is 0.353 e. The topological polar surface area (TPSA) is 61.4 Å². The molecule has 1 saturated heterocycles. The van der Waals surface area contributed by atoms with Crippen LogP contribution < -0.4 is 10.2 Å². The number of carbonyl (C=O) groups excluding carboxylic acids is 1. The van der Waals surface area contributed by atoms with Crippen LogP contribution in [-0.2, 0) is 0 Å². The van der Waals surface area contributed by atoms with Crippen LogP contribution in [0, 0.1) is 6.92 Å². The molecule has 6 heteroatoms. The second kappa shape index (κ2) is 7.00. The van der Waals surface area contributed by atoms with E-state index in [2.05, 4.69) is 20.2 Å². The summed E-state index contributed by atoms with van der Waals surface area (Å²) in [7, 11) is 0. The molecule has 1 aliphatic heterocycles. The number of nitrogens with one attached hydrogen (secondary N) is 1. The number of benzene rings is 1. The smallest absolute Gasteiger partial charge is 0.322 e. The predicted molar refractivity (Wildman–Crippen MR) is 104 cm³/mol. The van der Waals surface area contributed by atoms with Gasteiger partial charge in [-0.1, -0.05) is 24.3 Å². The molecule has 1 aliphatic rings. The number of rotatable bonds is 2. The molecule has 2 aromatic heterocycles. The Morgan fingerprint density at radius 1 is 1.00 bits per heavy atom. The zero-order valence-corrected chi connectivity index (χ0v) is 14.7.